The topological polar surface area (TPSA) is 46.5 Å². The van der Waals surface area contributed by atoms with E-state index in [0.29, 0.717) is 18.3 Å². The molecule has 0 amide bonds. The van der Waals surface area contributed by atoms with E-state index in [1.165, 1.54) is 5.56 Å². The number of carbonyl (C=O) groups is 1. The van der Waals surface area contributed by atoms with Crippen LogP contribution in [0, 0.1) is 5.41 Å². The summed E-state index contributed by atoms with van der Waals surface area (Å²) >= 11 is 0. The van der Waals surface area contributed by atoms with E-state index in [4.69, 9.17) is 4.74 Å². The van der Waals surface area contributed by atoms with Crippen LogP contribution in [0.5, 0.6) is 5.75 Å². The van der Waals surface area contributed by atoms with E-state index in [9.17, 15) is 14.3 Å². The fourth-order valence-corrected chi connectivity index (χ4v) is 4.23. The first kappa shape index (κ1) is 17.0. The summed E-state index contributed by atoms with van der Waals surface area (Å²) in [5, 5.41) is 9.50. The van der Waals surface area contributed by atoms with Gasteiger partial charge in [-0.15, -0.1) is 0 Å². The number of benzene rings is 1. The molecule has 4 rings (SSSR count). The first-order valence-electron chi connectivity index (χ1n) is 8.78. The second-order valence-corrected chi connectivity index (χ2v) is 7.30. The summed E-state index contributed by atoms with van der Waals surface area (Å²) in [5.41, 5.74) is 1.58. The third kappa shape index (κ3) is 2.94. The summed E-state index contributed by atoms with van der Waals surface area (Å²) in [4.78, 5) is 11.5. The molecule has 1 aromatic carbocycles. The van der Waals surface area contributed by atoms with Crippen molar-refractivity contribution in [1.82, 2.24) is 0 Å². The lowest BCUT2D eigenvalue weighted by molar-refractivity contribution is -0.156. The predicted molar refractivity (Wildman–Crippen MR) is 90.9 cm³/mol. The molecule has 0 aliphatic heterocycles. The monoisotopic (exact) mass is 332 g/mol. The Bertz CT molecular complexity index is 608. The summed E-state index contributed by atoms with van der Waals surface area (Å²) in [5.74, 6) is 0.127. The van der Waals surface area contributed by atoms with Crippen molar-refractivity contribution in [3.05, 3.63) is 41.7 Å². The SMILES string of the molecule is CC/C(=C\F)COc1ccc(C23CCC(C(=O)O)(CC2)CC3)cc1. The Hall–Kier alpha value is -1.84. The van der Waals surface area contributed by atoms with Gasteiger partial charge in [-0.05, 0) is 73.6 Å². The van der Waals surface area contributed by atoms with Gasteiger partial charge in [0.1, 0.15) is 12.4 Å². The zero-order valence-corrected chi connectivity index (χ0v) is 14.2. The smallest absolute Gasteiger partial charge is 0.309 e. The number of halogens is 1. The van der Waals surface area contributed by atoms with Gasteiger partial charge in [0.15, 0.2) is 0 Å². The molecule has 0 heterocycles. The molecule has 130 valence electrons. The fourth-order valence-electron chi connectivity index (χ4n) is 4.23. The van der Waals surface area contributed by atoms with E-state index in [0.717, 1.165) is 44.3 Å². The average molecular weight is 332 g/mol. The zero-order chi connectivity index (χ0) is 17.2. The summed E-state index contributed by atoms with van der Waals surface area (Å²) in [6.07, 6.45) is 6.44. The number of fused-ring (bicyclic) bond motifs is 3. The first-order chi connectivity index (χ1) is 11.5. The standard InChI is InChI=1S/C20H25FO3/c1-2-15(13-21)14-24-17-5-3-16(4-6-17)19-7-10-20(11-8-19,12-9-19)18(22)23/h3-6,13H,2,7-12,14H2,1H3,(H,22,23)/b15-13+. The van der Waals surface area contributed by atoms with Gasteiger partial charge in [0, 0.05) is 0 Å². The van der Waals surface area contributed by atoms with Crippen molar-refractivity contribution < 1.29 is 19.0 Å². The van der Waals surface area contributed by atoms with E-state index in [1.807, 2.05) is 19.1 Å². The van der Waals surface area contributed by atoms with Crippen molar-refractivity contribution in [2.45, 2.75) is 57.3 Å². The Morgan fingerprint density at radius 1 is 1.17 bits per heavy atom. The Morgan fingerprint density at radius 3 is 2.21 bits per heavy atom. The van der Waals surface area contributed by atoms with Gasteiger partial charge in [-0.3, -0.25) is 4.79 Å². The van der Waals surface area contributed by atoms with Gasteiger partial charge < -0.3 is 9.84 Å². The van der Waals surface area contributed by atoms with E-state index >= 15 is 0 Å². The number of ether oxygens (including phenoxy) is 1. The van der Waals surface area contributed by atoms with Gasteiger partial charge >= 0.3 is 5.97 Å². The molecule has 3 fully saturated rings. The summed E-state index contributed by atoms with van der Waals surface area (Å²) < 4.78 is 18.2. The minimum Gasteiger partial charge on any atom is -0.489 e. The number of carboxylic acids is 1. The van der Waals surface area contributed by atoms with Crippen molar-refractivity contribution in [2.75, 3.05) is 6.61 Å². The molecule has 3 nitrogen and oxygen atoms in total. The van der Waals surface area contributed by atoms with Crippen LogP contribution in [-0.4, -0.2) is 17.7 Å². The Morgan fingerprint density at radius 2 is 1.75 bits per heavy atom. The molecule has 3 aliphatic rings. The van der Waals surface area contributed by atoms with Gasteiger partial charge in [0.05, 0.1) is 11.7 Å². The van der Waals surface area contributed by atoms with Crippen LogP contribution in [0.15, 0.2) is 36.2 Å². The highest BCUT2D eigenvalue weighted by atomic mass is 19.1. The second kappa shape index (κ2) is 6.58. The molecule has 0 spiro atoms. The number of rotatable bonds is 6. The quantitative estimate of drug-likeness (QED) is 0.797. The fraction of sp³-hybridized carbons (Fsp3) is 0.550. The minimum atomic E-state index is -0.618. The number of carboxylic acid groups (broad SMARTS) is 1. The lowest BCUT2D eigenvalue weighted by atomic mass is 9.52. The number of aliphatic carboxylic acids is 1. The zero-order valence-electron chi connectivity index (χ0n) is 14.2. The Kier molecular flexibility index (Phi) is 4.66. The lowest BCUT2D eigenvalue weighted by Crippen LogP contribution is -2.47. The molecule has 2 bridgehead atoms. The summed E-state index contributed by atoms with van der Waals surface area (Å²) in [6.45, 7) is 2.18. The Labute approximate surface area is 142 Å². The average Bonchev–Trinajstić information content (AvgIpc) is 2.64. The van der Waals surface area contributed by atoms with E-state index in [1.54, 1.807) is 0 Å². The maximum atomic E-state index is 12.6. The van der Waals surface area contributed by atoms with Gasteiger partial charge in [-0.1, -0.05) is 19.1 Å². The highest BCUT2D eigenvalue weighted by molar-refractivity contribution is 5.75. The van der Waals surface area contributed by atoms with Crippen LogP contribution >= 0.6 is 0 Å². The molecule has 0 saturated heterocycles. The molecule has 1 aromatic rings. The van der Waals surface area contributed by atoms with E-state index in [-0.39, 0.29) is 12.0 Å². The van der Waals surface area contributed by atoms with Gasteiger partial charge in [-0.25, -0.2) is 4.39 Å². The molecule has 3 aliphatic carbocycles. The van der Waals surface area contributed by atoms with Crippen molar-refractivity contribution in [3.8, 4) is 5.75 Å². The Balaban J connectivity index is 1.68. The molecule has 0 atom stereocenters. The van der Waals surface area contributed by atoms with Crippen LogP contribution in [0.2, 0.25) is 0 Å². The molecule has 3 saturated carbocycles. The largest absolute Gasteiger partial charge is 0.489 e. The van der Waals surface area contributed by atoms with Crippen LogP contribution in [-0.2, 0) is 10.2 Å². The van der Waals surface area contributed by atoms with Crippen LogP contribution < -0.4 is 4.74 Å². The molecular weight excluding hydrogens is 307 g/mol. The molecule has 0 radical (unpaired) electrons. The van der Waals surface area contributed by atoms with Crippen molar-refractivity contribution in [3.63, 3.8) is 0 Å². The molecule has 24 heavy (non-hydrogen) atoms. The predicted octanol–water partition coefficient (Wildman–Crippen LogP) is 5.01. The molecule has 0 unspecified atom stereocenters. The maximum absolute atomic E-state index is 12.6. The summed E-state index contributed by atoms with van der Waals surface area (Å²) in [6, 6.07) is 8.09. The third-order valence-electron chi connectivity index (χ3n) is 6.20. The first-order valence-corrected chi connectivity index (χ1v) is 8.78. The minimum absolute atomic E-state index is 0.128. The van der Waals surface area contributed by atoms with Crippen LogP contribution in [0.1, 0.15) is 57.4 Å². The lowest BCUT2D eigenvalue weighted by Gasteiger charge is -2.51. The van der Waals surface area contributed by atoms with Crippen LogP contribution in [0.4, 0.5) is 4.39 Å². The van der Waals surface area contributed by atoms with Crippen molar-refractivity contribution in [1.29, 1.82) is 0 Å². The molecule has 1 N–H and O–H groups in total. The van der Waals surface area contributed by atoms with E-state index < -0.39 is 11.4 Å². The van der Waals surface area contributed by atoms with E-state index in [2.05, 4.69) is 12.1 Å². The normalized spacial score (nSPS) is 29.5. The van der Waals surface area contributed by atoms with Gasteiger partial charge in [0.2, 0.25) is 0 Å². The number of hydrogen-bond donors (Lipinski definition) is 1. The van der Waals surface area contributed by atoms with Gasteiger partial charge in [0.25, 0.3) is 0 Å². The molecule has 0 aromatic heterocycles. The highest BCUT2D eigenvalue weighted by Gasteiger charge is 2.53. The van der Waals surface area contributed by atoms with Gasteiger partial charge in [-0.2, -0.15) is 0 Å². The van der Waals surface area contributed by atoms with Crippen LogP contribution in [0.25, 0.3) is 0 Å². The third-order valence-corrected chi connectivity index (χ3v) is 6.20. The second-order valence-electron chi connectivity index (χ2n) is 7.30. The van der Waals surface area contributed by atoms with Crippen molar-refractivity contribution in [2.24, 2.45) is 5.41 Å². The molecular formula is C20H25FO3. The molecule has 4 heteroatoms. The highest BCUT2D eigenvalue weighted by Crippen LogP contribution is 2.57. The van der Waals surface area contributed by atoms with Crippen molar-refractivity contribution >= 4 is 5.97 Å². The van der Waals surface area contributed by atoms with Crippen LogP contribution in [0.3, 0.4) is 0 Å². The summed E-state index contributed by atoms with van der Waals surface area (Å²) in [7, 11) is 0. The maximum Gasteiger partial charge on any atom is 0.309 e. The number of hydrogen-bond acceptors (Lipinski definition) is 2.